The Labute approximate surface area is 114 Å². The van der Waals surface area contributed by atoms with Gasteiger partial charge in [0, 0.05) is 11.9 Å². The lowest BCUT2D eigenvalue weighted by molar-refractivity contribution is 0.369. The van der Waals surface area contributed by atoms with Crippen LogP contribution in [0.1, 0.15) is 32.6 Å². The van der Waals surface area contributed by atoms with Crippen LogP contribution in [0.2, 0.25) is 0 Å². The van der Waals surface area contributed by atoms with Gasteiger partial charge in [-0.2, -0.15) is 5.26 Å². The van der Waals surface area contributed by atoms with E-state index in [1.54, 1.807) is 0 Å². The van der Waals surface area contributed by atoms with Gasteiger partial charge in [-0.3, -0.25) is 0 Å². The molecule has 2 nitrogen and oxygen atoms in total. The molecule has 96 valence electrons. The lowest BCUT2D eigenvalue weighted by Crippen LogP contribution is -2.30. The second-order valence-corrected chi connectivity index (χ2v) is 8.93. The van der Waals surface area contributed by atoms with Crippen molar-refractivity contribution in [3.8, 4) is 6.07 Å². The second-order valence-electron chi connectivity index (χ2n) is 4.66. The minimum absolute atomic E-state index is 0.445. The molecule has 0 saturated heterocycles. The first-order valence-corrected chi connectivity index (χ1v) is 9.12. The van der Waals surface area contributed by atoms with Crippen molar-refractivity contribution in [2.75, 3.05) is 6.61 Å². The van der Waals surface area contributed by atoms with Gasteiger partial charge >= 0.3 is 0 Å². The largest absolute Gasteiger partial charge is 0.345 e. The van der Waals surface area contributed by atoms with E-state index < -0.39 is 11.4 Å². The van der Waals surface area contributed by atoms with Crippen molar-refractivity contribution < 1.29 is 4.52 Å². The van der Waals surface area contributed by atoms with Crippen LogP contribution in [0.25, 0.3) is 0 Å². The minimum Gasteiger partial charge on any atom is -0.345 e. The molecule has 1 aliphatic rings. The maximum absolute atomic E-state index is 9.67. The van der Waals surface area contributed by atoms with Crippen LogP contribution in [0.15, 0.2) is 30.3 Å². The molecule has 1 aromatic rings. The molecule has 1 atom stereocenters. The van der Waals surface area contributed by atoms with E-state index in [9.17, 15) is 5.26 Å². The SMILES string of the molecule is CCO[P@](=S)(c1ccccc1)C1(C#N)CCCC1. The Morgan fingerprint density at radius 2 is 1.94 bits per heavy atom. The number of nitrogens with zero attached hydrogens (tertiary/aromatic N) is 1. The summed E-state index contributed by atoms with van der Waals surface area (Å²) in [5, 5.41) is 10.3. The van der Waals surface area contributed by atoms with Crippen LogP contribution in [0.3, 0.4) is 0 Å². The van der Waals surface area contributed by atoms with E-state index >= 15 is 0 Å². The number of hydrogen-bond acceptors (Lipinski definition) is 3. The first kappa shape index (κ1) is 13.7. The number of nitriles is 1. The monoisotopic (exact) mass is 279 g/mol. The quantitative estimate of drug-likeness (QED) is 0.790. The molecule has 0 bridgehead atoms. The van der Waals surface area contributed by atoms with Gasteiger partial charge < -0.3 is 4.52 Å². The summed E-state index contributed by atoms with van der Waals surface area (Å²) < 4.78 is 6.00. The van der Waals surface area contributed by atoms with Crippen LogP contribution < -0.4 is 5.30 Å². The molecule has 4 heteroatoms. The van der Waals surface area contributed by atoms with Crippen molar-refractivity contribution in [2.24, 2.45) is 0 Å². The zero-order chi connectivity index (χ0) is 13.1. The normalized spacial score (nSPS) is 21.1. The van der Waals surface area contributed by atoms with Crippen molar-refractivity contribution in [1.82, 2.24) is 0 Å². The Morgan fingerprint density at radius 1 is 1.33 bits per heavy atom. The fraction of sp³-hybridized carbons (Fsp3) is 0.500. The predicted molar refractivity (Wildman–Crippen MR) is 78.8 cm³/mol. The van der Waals surface area contributed by atoms with Crippen LogP contribution in [0, 0.1) is 11.3 Å². The van der Waals surface area contributed by atoms with E-state index in [0.29, 0.717) is 6.61 Å². The Morgan fingerprint density at radius 3 is 2.44 bits per heavy atom. The minimum atomic E-state index is -2.28. The average Bonchev–Trinajstić information content (AvgIpc) is 2.90. The summed E-state index contributed by atoms with van der Waals surface area (Å²) in [6, 6.07) is 12.5. The fourth-order valence-electron chi connectivity index (χ4n) is 2.68. The van der Waals surface area contributed by atoms with Gasteiger partial charge in [-0.05, 0) is 19.8 Å². The summed E-state index contributed by atoms with van der Waals surface area (Å²) in [6.45, 7) is 2.54. The maximum atomic E-state index is 9.67. The zero-order valence-electron chi connectivity index (χ0n) is 10.6. The van der Waals surface area contributed by atoms with E-state index in [4.69, 9.17) is 16.3 Å². The standard InChI is InChI=1S/C14H18NOPS/c1-2-16-17(18,13-8-4-3-5-9-13)14(12-15)10-6-7-11-14/h3-5,8-9H,2,6-7,10-11H2,1H3/t17-/m0/s1. The van der Waals surface area contributed by atoms with Gasteiger partial charge in [0.05, 0.1) is 6.07 Å². The highest BCUT2D eigenvalue weighted by atomic mass is 32.4. The molecule has 18 heavy (non-hydrogen) atoms. The molecule has 1 fully saturated rings. The van der Waals surface area contributed by atoms with Crippen LogP contribution in [-0.2, 0) is 16.3 Å². The molecule has 0 amide bonds. The fourth-order valence-corrected chi connectivity index (χ4v) is 6.89. The topological polar surface area (TPSA) is 33.0 Å². The van der Waals surface area contributed by atoms with E-state index in [-0.39, 0.29) is 0 Å². The summed E-state index contributed by atoms with van der Waals surface area (Å²) in [4.78, 5) is 0. The van der Waals surface area contributed by atoms with E-state index in [2.05, 4.69) is 6.07 Å². The van der Waals surface area contributed by atoms with Gasteiger partial charge in [-0.15, -0.1) is 0 Å². The highest BCUT2D eigenvalue weighted by Crippen LogP contribution is 2.64. The highest BCUT2D eigenvalue weighted by molar-refractivity contribution is 8.16. The third-order valence-corrected chi connectivity index (χ3v) is 8.88. The molecule has 1 aliphatic carbocycles. The molecule has 0 radical (unpaired) electrons. The molecular formula is C14H18NOPS. The van der Waals surface area contributed by atoms with Crippen LogP contribution in [0.4, 0.5) is 0 Å². The molecule has 0 N–H and O–H groups in total. The third kappa shape index (κ3) is 2.14. The van der Waals surface area contributed by atoms with Crippen LogP contribution >= 0.6 is 6.26 Å². The molecule has 2 rings (SSSR count). The van der Waals surface area contributed by atoms with Crippen molar-refractivity contribution in [1.29, 1.82) is 5.26 Å². The van der Waals surface area contributed by atoms with Crippen molar-refractivity contribution >= 4 is 23.4 Å². The maximum Gasteiger partial charge on any atom is 0.114 e. The Balaban J connectivity index is 2.51. The second kappa shape index (κ2) is 5.53. The van der Waals surface area contributed by atoms with Gasteiger partial charge in [0.15, 0.2) is 0 Å². The lowest BCUT2D eigenvalue weighted by Gasteiger charge is -2.35. The summed E-state index contributed by atoms with van der Waals surface area (Å²) >= 11 is 5.90. The summed E-state index contributed by atoms with van der Waals surface area (Å²) in [6.07, 6.45) is 1.67. The molecule has 1 saturated carbocycles. The molecule has 0 aromatic heterocycles. The molecular weight excluding hydrogens is 261 g/mol. The number of benzene rings is 1. The Hall–Kier alpha value is -0.680. The summed E-state index contributed by atoms with van der Waals surface area (Å²) in [5.74, 6) is 0. The van der Waals surface area contributed by atoms with Crippen molar-refractivity contribution in [2.45, 2.75) is 37.8 Å². The lowest BCUT2D eigenvalue weighted by atomic mass is 10.1. The number of rotatable bonds is 4. The van der Waals surface area contributed by atoms with Gasteiger partial charge in [0.25, 0.3) is 0 Å². The van der Waals surface area contributed by atoms with Gasteiger partial charge in [0.2, 0.25) is 0 Å². The van der Waals surface area contributed by atoms with E-state index in [1.165, 1.54) is 0 Å². The average molecular weight is 279 g/mol. The molecule has 0 unspecified atom stereocenters. The first-order chi connectivity index (χ1) is 8.68. The summed E-state index contributed by atoms with van der Waals surface area (Å²) in [5.41, 5.74) is 0. The molecule has 0 aliphatic heterocycles. The molecule has 0 spiro atoms. The van der Waals surface area contributed by atoms with Crippen molar-refractivity contribution in [3.05, 3.63) is 30.3 Å². The zero-order valence-corrected chi connectivity index (χ0v) is 12.3. The Bertz CT molecular complexity index is 488. The summed E-state index contributed by atoms with van der Waals surface area (Å²) in [7, 11) is 0. The van der Waals surface area contributed by atoms with E-state index in [1.807, 2.05) is 37.3 Å². The van der Waals surface area contributed by atoms with E-state index in [0.717, 1.165) is 31.0 Å². The van der Waals surface area contributed by atoms with Crippen LogP contribution in [-0.4, -0.2) is 11.8 Å². The predicted octanol–water partition coefficient (Wildman–Crippen LogP) is 3.58. The molecule has 0 heterocycles. The Kier molecular flexibility index (Phi) is 4.22. The third-order valence-electron chi connectivity index (χ3n) is 3.61. The molecule has 1 aromatic carbocycles. The van der Waals surface area contributed by atoms with Crippen molar-refractivity contribution in [3.63, 3.8) is 0 Å². The van der Waals surface area contributed by atoms with Gasteiger partial charge in [-0.25, -0.2) is 0 Å². The van der Waals surface area contributed by atoms with Crippen LogP contribution in [0.5, 0.6) is 0 Å². The van der Waals surface area contributed by atoms with Gasteiger partial charge in [0.1, 0.15) is 11.4 Å². The highest BCUT2D eigenvalue weighted by Gasteiger charge is 2.48. The smallest absolute Gasteiger partial charge is 0.114 e. The first-order valence-electron chi connectivity index (χ1n) is 6.40. The number of hydrogen-bond donors (Lipinski definition) is 0. The van der Waals surface area contributed by atoms with Gasteiger partial charge in [-0.1, -0.05) is 55.0 Å².